The minimum atomic E-state index is 0.433. The Hall–Kier alpha value is -0.830. The summed E-state index contributed by atoms with van der Waals surface area (Å²) in [5.74, 6) is 3.00. The Balaban J connectivity index is 1.59. The Morgan fingerprint density at radius 2 is 1.79 bits per heavy atom. The maximum atomic E-state index is 5.59. The molecule has 0 aliphatic heterocycles. The molecule has 0 spiro atoms. The molecule has 0 radical (unpaired) electrons. The average molecular weight is 259 g/mol. The molecule has 3 nitrogen and oxygen atoms in total. The van der Waals surface area contributed by atoms with E-state index in [4.69, 9.17) is 5.73 Å². The molecule has 4 bridgehead atoms. The van der Waals surface area contributed by atoms with Crippen LogP contribution in [0, 0.1) is 17.8 Å². The molecule has 19 heavy (non-hydrogen) atoms. The van der Waals surface area contributed by atoms with Crippen LogP contribution in [-0.4, -0.2) is 16.1 Å². The fourth-order valence-electron chi connectivity index (χ4n) is 5.42. The second-order valence-electron chi connectivity index (χ2n) is 7.31. The first-order valence-corrected chi connectivity index (χ1v) is 8.01. The van der Waals surface area contributed by atoms with Gasteiger partial charge in [-0.25, -0.2) is 4.98 Å². The number of hydrogen-bond acceptors (Lipinski definition) is 2. The molecule has 1 aromatic rings. The predicted molar refractivity (Wildman–Crippen MR) is 75.7 cm³/mol. The van der Waals surface area contributed by atoms with Gasteiger partial charge in [-0.3, -0.25) is 0 Å². The Morgan fingerprint density at radius 1 is 1.16 bits per heavy atom. The van der Waals surface area contributed by atoms with Gasteiger partial charge in [0.05, 0.1) is 12.0 Å². The van der Waals surface area contributed by atoms with Gasteiger partial charge < -0.3 is 10.3 Å². The Labute approximate surface area is 115 Å². The number of nitrogens with zero attached hydrogens (tertiary/aromatic N) is 2. The molecular weight excluding hydrogens is 234 g/mol. The average Bonchev–Trinajstić information content (AvgIpc) is 2.84. The SMILES string of the molecule is NCCCc1cn(C23CC4CC(CC(C4)C2)C3)cn1. The molecule has 0 amide bonds. The van der Waals surface area contributed by atoms with Crippen molar-refractivity contribution in [3.63, 3.8) is 0 Å². The van der Waals surface area contributed by atoms with E-state index in [1.807, 2.05) is 0 Å². The van der Waals surface area contributed by atoms with Crippen LogP contribution in [0.15, 0.2) is 12.5 Å². The molecule has 0 atom stereocenters. The molecule has 0 saturated heterocycles. The van der Waals surface area contributed by atoms with E-state index in [9.17, 15) is 0 Å². The third-order valence-electron chi connectivity index (χ3n) is 5.83. The molecule has 4 aliphatic carbocycles. The molecule has 5 rings (SSSR count). The molecule has 0 unspecified atom stereocenters. The van der Waals surface area contributed by atoms with E-state index < -0.39 is 0 Å². The highest BCUT2D eigenvalue weighted by Crippen LogP contribution is 2.58. The van der Waals surface area contributed by atoms with Crippen LogP contribution < -0.4 is 5.73 Å². The highest BCUT2D eigenvalue weighted by Gasteiger charge is 2.51. The molecule has 104 valence electrons. The van der Waals surface area contributed by atoms with Crippen LogP contribution in [0.4, 0.5) is 0 Å². The Kier molecular flexibility index (Phi) is 2.73. The van der Waals surface area contributed by atoms with Gasteiger partial charge in [0.1, 0.15) is 0 Å². The quantitative estimate of drug-likeness (QED) is 0.903. The minimum Gasteiger partial charge on any atom is -0.331 e. The molecule has 1 heterocycles. The van der Waals surface area contributed by atoms with E-state index in [2.05, 4.69) is 22.1 Å². The second kappa shape index (κ2) is 4.34. The maximum Gasteiger partial charge on any atom is 0.0954 e. The van der Waals surface area contributed by atoms with Gasteiger partial charge in [0, 0.05) is 11.7 Å². The van der Waals surface area contributed by atoms with Crippen LogP contribution in [0.25, 0.3) is 0 Å². The third-order valence-corrected chi connectivity index (χ3v) is 5.83. The van der Waals surface area contributed by atoms with Crippen LogP contribution in [-0.2, 0) is 12.0 Å². The normalized spacial score (nSPS) is 39.9. The number of nitrogens with two attached hydrogens (primary N) is 1. The van der Waals surface area contributed by atoms with Gasteiger partial charge in [-0.1, -0.05) is 0 Å². The zero-order valence-electron chi connectivity index (χ0n) is 11.7. The van der Waals surface area contributed by atoms with Crippen LogP contribution >= 0.6 is 0 Å². The largest absolute Gasteiger partial charge is 0.331 e. The van der Waals surface area contributed by atoms with Gasteiger partial charge in [0.25, 0.3) is 0 Å². The van der Waals surface area contributed by atoms with Gasteiger partial charge in [-0.05, 0) is 75.7 Å². The van der Waals surface area contributed by atoms with E-state index >= 15 is 0 Å². The molecule has 4 saturated carbocycles. The Bertz CT molecular complexity index is 427. The number of imidazole rings is 1. The molecule has 4 aliphatic rings. The molecule has 3 heteroatoms. The summed E-state index contributed by atoms with van der Waals surface area (Å²) in [5, 5.41) is 0. The first-order valence-electron chi connectivity index (χ1n) is 8.01. The lowest BCUT2D eigenvalue weighted by Gasteiger charge is -2.57. The third kappa shape index (κ3) is 1.94. The summed E-state index contributed by atoms with van der Waals surface area (Å²) in [4.78, 5) is 4.62. The molecule has 0 aromatic carbocycles. The Morgan fingerprint density at radius 3 is 2.37 bits per heavy atom. The lowest BCUT2D eigenvalue weighted by Crippen LogP contribution is -2.51. The number of rotatable bonds is 4. The summed E-state index contributed by atoms with van der Waals surface area (Å²) >= 11 is 0. The lowest BCUT2D eigenvalue weighted by atomic mass is 9.53. The van der Waals surface area contributed by atoms with Gasteiger partial charge in [0.2, 0.25) is 0 Å². The van der Waals surface area contributed by atoms with Crippen molar-refractivity contribution >= 4 is 0 Å². The number of aryl methyl sites for hydroxylation is 1. The monoisotopic (exact) mass is 259 g/mol. The topological polar surface area (TPSA) is 43.8 Å². The second-order valence-corrected chi connectivity index (χ2v) is 7.31. The summed E-state index contributed by atoms with van der Waals surface area (Å²) in [7, 11) is 0. The lowest BCUT2D eigenvalue weighted by molar-refractivity contribution is -0.0431. The summed E-state index contributed by atoms with van der Waals surface area (Å²) in [5.41, 5.74) is 7.27. The minimum absolute atomic E-state index is 0.433. The van der Waals surface area contributed by atoms with Crippen LogP contribution in [0.2, 0.25) is 0 Å². The van der Waals surface area contributed by atoms with E-state index in [0.717, 1.165) is 37.1 Å². The summed E-state index contributed by atoms with van der Waals surface area (Å²) in [6.07, 6.45) is 15.3. The highest BCUT2D eigenvalue weighted by molar-refractivity contribution is 5.09. The van der Waals surface area contributed by atoms with Crippen molar-refractivity contribution in [2.45, 2.75) is 56.9 Å². The van der Waals surface area contributed by atoms with E-state index in [-0.39, 0.29) is 0 Å². The zero-order valence-corrected chi connectivity index (χ0v) is 11.7. The molecular formula is C16H25N3. The molecule has 1 aromatic heterocycles. The number of aromatic nitrogens is 2. The smallest absolute Gasteiger partial charge is 0.0954 e. The molecule has 2 N–H and O–H groups in total. The van der Waals surface area contributed by atoms with Gasteiger partial charge in [-0.15, -0.1) is 0 Å². The van der Waals surface area contributed by atoms with E-state index in [1.54, 1.807) is 0 Å². The summed E-state index contributed by atoms with van der Waals surface area (Å²) in [6.45, 7) is 0.768. The fourth-order valence-corrected chi connectivity index (χ4v) is 5.42. The van der Waals surface area contributed by atoms with E-state index in [0.29, 0.717) is 5.54 Å². The van der Waals surface area contributed by atoms with Crippen molar-refractivity contribution < 1.29 is 0 Å². The van der Waals surface area contributed by atoms with Crippen molar-refractivity contribution in [3.8, 4) is 0 Å². The zero-order chi connectivity index (χ0) is 12.9. The fraction of sp³-hybridized carbons (Fsp3) is 0.812. The summed E-state index contributed by atoms with van der Waals surface area (Å²) < 4.78 is 2.49. The standard InChI is InChI=1S/C16H25N3/c17-3-1-2-15-10-19(11-18-15)16-7-12-4-13(8-16)6-14(5-12)9-16/h10-14H,1-9,17H2. The highest BCUT2D eigenvalue weighted by atomic mass is 15.1. The van der Waals surface area contributed by atoms with Crippen LogP contribution in [0.1, 0.15) is 50.6 Å². The van der Waals surface area contributed by atoms with Gasteiger partial charge in [-0.2, -0.15) is 0 Å². The van der Waals surface area contributed by atoms with Crippen molar-refractivity contribution in [1.29, 1.82) is 0 Å². The first-order chi connectivity index (χ1) is 9.27. The number of hydrogen-bond donors (Lipinski definition) is 1. The van der Waals surface area contributed by atoms with Crippen molar-refractivity contribution in [2.24, 2.45) is 23.5 Å². The van der Waals surface area contributed by atoms with Crippen LogP contribution in [0.3, 0.4) is 0 Å². The van der Waals surface area contributed by atoms with E-state index in [1.165, 1.54) is 44.2 Å². The van der Waals surface area contributed by atoms with Gasteiger partial charge in [0.15, 0.2) is 0 Å². The van der Waals surface area contributed by atoms with Crippen molar-refractivity contribution in [1.82, 2.24) is 9.55 Å². The maximum absolute atomic E-state index is 5.59. The van der Waals surface area contributed by atoms with Crippen LogP contribution in [0.5, 0.6) is 0 Å². The molecule has 4 fully saturated rings. The first kappa shape index (κ1) is 12.0. The van der Waals surface area contributed by atoms with Gasteiger partial charge >= 0.3 is 0 Å². The summed E-state index contributed by atoms with van der Waals surface area (Å²) in [6, 6.07) is 0. The predicted octanol–water partition coefficient (Wildman–Crippen LogP) is 2.70. The van der Waals surface area contributed by atoms with Crippen molar-refractivity contribution in [3.05, 3.63) is 18.2 Å². The van der Waals surface area contributed by atoms with Crippen molar-refractivity contribution in [2.75, 3.05) is 6.54 Å².